The number of sulfonamides is 1. The quantitative estimate of drug-likeness (QED) is 0.884. The van der Waals surface area contributed by atoms with Crippen molar-refractivity contribution in [2.75, 3.05) is 29.5 Å². The highest BCUT2D eigenvalue weighted by atomic mass is 32.2. The molecule has 0 bridgehead atoms. The average Bonchev–Trinajstić information content (AvgIpc) is 2.60. The second kappa shape index (κ2) is 6.87. The van der Waals surface area contributed by atoms with Gasteiger partial charge in [-0.1, -0.05) is 18.2 Å². The fourth-order valence-corrected chi connectivity index (χ4v) is 3.68. The first-order chi connectivity index (χ1) is 12.3. The summed E-state index contributed by atoms with van der Waals surface area (Å²) in [6, 6.07) is 12.2. The highest BCUT2D eigenvalue weighted by Gasteiger charge is 2.35. The van der Waals surface area contributed by atoms with Crippen LogP contribution in [0.2, 0.25) is 0 Å². The number of hydrogen-bond donors (Lipinski definition) is 1. The Bertz CT molecular complexity index is 942. The van der Waals surface area contributed by atoms with Crippen molar-refractivity contribution in [2.45, 2.75) is 13.0 Å². The first-order valence-corrected chi connectivity index (χ1v) is 9.83. The topological polar surface area (TPSA) is 84.9 Å². The molecule has 0 radical (unpaired) electrons. The van der Waals surface area contributed by atoms with E-state index in [1.54, 1.807) is 42.5 Å². The summed E-state index contributed by atoms with van der Waals surface area (Å²) in [7, 11) is -2.05. The first-order valence-electron chi connectivity index (χ1n) is 7.98. The molecule has 0 fully saturated rings. The van der Waals surface area contributed by atoms with Crippen LogP contribution in [0.5, 0.6) is 11.5 Å². The van der Waals surface area contributed by atoms with Crippen molar-refractivity contribution >= 4 is 27.3 Å². The number of anilines is 2. The summed E-state index contributed by atoms with van der Waals surface area (Å²) in [6.45, 7) is 1.76. The molecule has 3 rings (SSSR count). The molecule has 26 heavy (non-hydrogen) atoms. The zero-order valence-corrected chi connectivity index (χ0v) is 15.5. The molecule has 1 N–H and O–H groups in total. The molecule has 2 aromatic carbocycles. The van der Waals surface area contributed by atoms with Gasteiger partial charge in [-0.05, 0) is 36.8 Å². The second-order valence-electron chi connectivity index (χ2n) is 6.06. The van der Waals surface area contributed by atoms with Crippen molar-refractivity contribution < 1.29 is 22.7 Å². The zero-order valence-electron chi connectivity index (χ0n) is 14.7. The monoisotopic (exact) mass is 376 g/mol. The normalized spacial score (nSPS) is 16.4. The van der Waals surface area contributed by atoms with Crippen LogP contribution in [0.15, 0.2) is 42.5 Å². The van der Waals surface area contributed by atoms with Crippen molar-refractivity contribution in [3.05, 3.63) is 48.0 Å². The van der Waals surface area contributed by atoms with Gasteiger partial charge in [0.25, 0.3) is 5.91 Å². The molecule has 1 atom stereocenters. The van der Waals surface area contributed by atoms with Gasteiger partial charge in [0.2, 0.25) is 10.0 Å². The van der Waals surface area contributed by atoms with Crippen LogP contribution in [0.4, 0.5) is 11.4 Å². The molecular weight excluding hydrogens is 356 g/mol. The Balaban J connectivity index is 1.90. The van der Waals surface area contributed by atoms with Gasteiger partial charge >= 0.3 is 0 Å². The van der Waals surface area contributed by atoms with E-state index in [9.17, 15) is 13.2 Å². The number of nitrogens with one attached hydrogen (secondary N) is 1. The van der Waals surface area contributed by atoms with Crippen LogP contribution in [0.3, 0.4) is 0 Å². The molecule has 0 unspecified atom stereocenters. The lowest BCUT2D eigenvalue weighted by molar-refractivity contribution is -0.122. The van der Waals surface area contributed by atoms with Gasteiger partial charge in [-0.15, -0.1) is 0 Å². The summed E-state index contributed by atoms with van der Waals surface area (Å²) in [6.07, 6.45) is 0.129. The van der Waals surface area contributed by atoms with E-state index in [0.29, 0.717) is 22.9 Å². The third-order valence-corrected chi connectivity index (χ3v) is 5.19. The molecule has 2 aromatic rings. The van der Waals surface area contributed by atoms with Gasteiger partial charge in [-0.2, -0.15) is 0 Å². The Kier molecular flexibility index (Phi) is 4.78. The van der Waals surface area contributed by atoms with E-state index >= 15 is 0 Å². The molecule has 0 saturated carbocycles. The number of fused-ring (bicyclic) bond motifs is 1. The van der Waals surface area contributed by atoms with E-state index in [1.165, 1.54) is 11.4 Å². The van der Waals surface area contributed by atoms with Crippen LogP contribution in [-0.2, 0) is 14.8 Å². The lowest BCUT2D eigenvalue weighted by Gasteiger charge is -2.34. The van der Waals surface area contributed by atoms with E-state index < -0.39 is 22.0 Å². The van der Waals surface area contributed by atoms with Crippen LogP contribution in [0.1, 0.15) is 5.56 Å². The SMILES string of the molecule is COc1ccccc1NC(=O)[C@@H]1CN(S(C)(=O)=O)c2cc(C)ccc2O1. The number of para-hydroxylation sites is 2. The summed E-state index contributed by atoms with van der Waals surface area (Å²) in [5.41, 5.74) is 1.83. The maximum atomic E-state index is 12.7. The molecule has 1 aliphatic heterocycles. The van der Waals surface area contributed by atoms with Crippen molar-refractivity contribution in [3.8, 4) is 11.5 Å². The lowest BCUT2D eigenvalue weighted by Crippen LogP contribution is -2.48. The molecule has 0 aliphatic carbocycles. The fourth-order valence-electron chi connectivity index (χ4n) is 2.77. The molecular formula is C18H20N2O5S. The van der Waals surface area contributed by atoms with Crippen molar-refractivity contribution in [1.29, 1.82) is 0 Å². The zero-order chi connectivity index (χ0) is 18.9. The summed E-state index contributed by atoms with van der Waals surface area (Å²) in [5, 5.41) is 2.73. The molecule has 1 amide bonds. The highest BCUT2D eigenvalue weighted by molar-refractivity contribution is 7.92. The summed E-state index contributed by atoms with van der Waals surface area (Å²) < 4.78 is 36.6. The highest BCUT2D eigenvalue weighted by Crippen LogP contribution is 2.36. The third kappa shape index (κ3) is 3.60. The summed E-state index contributed by atoms with van der Waals surface area (Å²) in [4.78, 5) is 12.7. The predicted molar refractivity (Wildman–Crippen MR) is 99.4 cm³/mol. The Morgan fingerprint density at radius 1 is 1.27 bits per heavy atom. The van der Waals surface area contributed by atoms with Gasteiger partial charge in [0, 0.05) is 0 Å². The van der Waals surface area contributed by atoms with Gasteiger partial charge in [-0.25, -0.2) is 8.42 Å². The Morgan fingerprint density at radius 2 is 2.00 bits per heavy atom. The van der Waals surface area contributed by atoms with Crippen LogP contribution in [0, 0.1) is 6.92 Å². The van der Waals surface area contributed by atoms with E-state index in [-0.39, 0.29) is 6.54 Å². The van der Waals surface area contributed by atoms with Crippen molar-refractivity contribution in [1.82, 2.24) is 0 Å². The number of nitrogens with zero attached hydrogens (tertiary/aromatic N) is 1. The minimum atomic E-state index is -3.56. The van der Waals surface area contributed by atoms with Gasteiger partial charge in [0.15, 0.2) is 6.10 Å². The van der Waals surface area contributed by atoms with Crippen molar-refractivity contribution in [2.24, 2.45) is 0 Å². The number of aryl methyl sites for hydroxylation is 1. The molecule has 0 aromatic heterocycles. The van der Waals surface area contributed by atoms with Crippen LogP contribution < -0.4 is 19.1 Å². The number of rotatable bonds is 4. The van der Waals surface area contributed by atoms with Gasteiger partial charge in [-0.3, -0.25) is 9.10 Å². The lowest BCUT2D eigenvalue weighted by atomic mass is 10.1. The number of hydrogen-bond acceptors (Lipinski definition) is 5. The van der Waals surface area contributed by atoms with Crippen LogP contribution in [-0.4, -0.2) is 40.3 Å². The number of carbonyl (C=O) groups excluding carboxylic acids is 1. The Labute approximate surface area is 152 Å². The minimum absolute atomic E-state index is 0.101. The van der Waals surface area contributed by atoms with Crippen molar-refractivity contribution in [3.63, 3.8) is 0 Å². The standard InChI is InChI=1S/C18H20N2O5S/c1-12-8-9-16-14(10-12)20(26(3,22)23)11-17(25-16)18(21)19-13-6-4-5-7-15(13)24-2/h4-10,17H,11H2,1-3H3,(H,19,21)/t17-/m0/s1. The van der Waals surface area contributed by atoms with E-state index in [1.807, 2.05) is 6.92 Å². The molecule has 1 heterocycles. The van der Waals surface area contributed by atoms with Crippen LogP contribution >= 0.6 is 0 Å². The third-order valence-electron chi connectivity index (χ3n) is 4.04. The Hall–Kier alpha value is -2.74. The Morgan fingerprint density at radius 3 is 2.69 bits per heavy atom. The number of amides is 1. The predicted octanol–water partition coefficient (Wildman–Crippen LogP) is 2.17. The maximum absolute atomic E-state index is 12.7. The van der Waals surface area contributed by atoms with Gasteiger partial charge in [0.1, 0.15) is 11.5 Å². The largest absolute Gasteiger partial charge is 0.495 e. The summed E-state index contributed by atoms with van der Waals surface area (Å²) in [5.74, 6) is 0.412. The molecule has 8 heteroatoms. The average molecular weight is 376 g/mol. The first kappa shape index (κ1) is 18.1. The number of benzene rings is 2. The molecule has 0 spiro atoms. The number of ether oxygens (including phenoxy) is 2. The minimum Gasteiger partial charge on any atom is -0.495 e. The summed E-state index contributed by atoms with van der Waals surface area (Å²) >= 11 is 0. The number of carbonyl (C=O) groups is 1. The van der Waals surface area contributed by atoms with Gasteiger partial charge < -0.3 is 14.8 Å². The van der Waals surface area contributed by atoms with E-state index in [2.05, 4.69) is 5.32 Å². The molecule has 7 nitrogen and oxygen atoms in total. The van der Waals surface area contributed by atoms with E-state index in [4.69, 9.17) is 9.47 Å². The number of methoxy groups -OCH3 is 1. The smallest absolute Gasteiger partial charge is 0.267 e. The van der Waals surface area contributed by atoms with E-state index in [0.717, 1.165) is 11.8 Å². The molecule has 0 saturated heterocycles. The molecule has 1 aliphatic rings. The molecule has 138 valence electrons. The van der Waals surface area contributed by atoms with Crippen LogP contribution in [0.25, 0.3) is 0 Å². The van der Waals surface area contributed by atoms with Gasteiger partial charge in [0.05, 0.1) is 31.3 Å². The maximum Gasteiger partial charge on any atom is 0.267 e. The second-order valence-corrected chi connectivity index (χ2v) is 7.97. The fraction of sp³-hybridized carbons (Fsp3) is 0.278.